The van der Waals surface area contributed by atoms with Crippen LogP contribution in [0.3, 0.4) is 0 Å². The molecular formula is C12H9Cl2O7PS3. The van der Waals surface area contributed by atoms with Crippen molar-refractivity contribution >= 4 is 59.2 Å². The van der Waals surface area contributed by atoms with Gasteiger partial charge in [-0.15, -0.1) is 0 Å². The molecule has 0 aromatic heterocycles. The zero-order chi connectivity index (χ0) is 18.9. The summed E-state index contributed by atoms with van der Waals surface area (Å²) in [4.78, 5) is 10.0. The van der Waals surface area contributed by atoms with Crippen LogP contribution in [0.5, 0.6) is 11.5 Å². The van der Waals surface area contributed by atoms with E-state index in [0.717, 1.165) is 0 Å². The Morgan fingerprint density at radius 3 is 1.32 bits per heavy atom. The molecule has 0 saturated carbocycles. The summed E-state index contributed by atoms with van der Waals surface area (Å²) in [5, 5.41) is 0.596. The van der Waals surface area contributed by atoms with Crippen molar-refractivity contribution in [2.45, 2.75) is 0 Å². The molecule has 7 nitrogen and oxygen atoms in total. The molecule has 0 atom stereocenters. The molecule has 0 saturated heterocycles. The maximum Gasteiger partial charge on any atom is 0.376 e. The van der Waals surface area contributed by atoms with Gasteiger partial charge < -0.3 is 13.3 Å². The zero-order valence-electron chi connectivity index (χ0n) is 11.9. The Morgan fingerprint density at radius 2 is 1.04 bits per heavy atom. The summed E-state index contributed by atoms with van der Waals surface area (Å²) in [5.41, 5.74) is 0. The van der Waals surface area contributed by atoms with Crippen molar-refractivity contribution in [3.63, 3.8) is 0 Å². The van der Waals surface area contributed by atoms with Gasteiger partial charge in [0.15, 0.2) is 0 Å². The van der Waals surface area contributed by atoms with Gasteiger partial charge in [-0.1, -0.05) is 23.2 Å². The van der Waals surface area contributed by atoms with Crippen molar-refractivity contribution in [2.24, 2.45) is 0 Å². The van der Waals surface area contributed by atoms with E-state index in [1.54, 1.807) is 0 Å². The largest absolute Gasteiger partial charge is 0.377 e. The van der Waals surface area contributed by atoms with Gasteiger partial charge in [0.1, 0.15) is 11.5 Å². The molecule has 2 aromatic carbocycles. The van der Waals surface area contributed by atoms with E-state index in [1.807, 2.05) is 0 Å². The molecule has 0 aliphatic carbocycles. The van der Waals surface area contributed by atoms with Crippen LogP contribution in [-0.4, -0.2) is 21.7 Å². The van der Waals surface area contributed by atoms with Crippen LogP contribution >= 0.6 is 27.9 Å². The van der Waals surface area contributed by atoms with E-state index < -0.39 is 24.1 Å². The number of hydrogen-bond acceptors (Lipinski definition) is 7. The highest BCUT2D eigenvalue weighted by atomic mass is 35.5. The first-order chi connectivity index (χ1) is 11.4. The zero-order valence-corrected chi connectivity index (χ0v) is 16.8. The van der Waals surface area contributed by atoms with Crippen LogP contribution in [0.1, 0.15) is 0 Å². The summed E-state index contributed by atoms with van der Waals surface area (Å²) in [6.45, 7) is 0. The van der Waals surface area contributed by atoms with Gasteiger partial charge in [0.2, 0.25) is 0 Å². The molecule has 1 N–H and O–H groups in total. The van der Waals surface area contributed by atoms with E-state index in [9.17, 15) is 21.7 Å². The van der Waals surface area contributed by atoms with Crippen molar-refractivity contribution in [3.05, 3.63) is 58.6 Å². The van der Waals surface area contributed by atoms with Crippen molar-refractivity contribution < 1.29 is 30.1 Å². The van der Waals surface area contributed by atoms with Crippen molar-refractivity contribution in [1.82, 2.24) is 0 Å². The Labute approximate surface area is 158 Å². The molecule has 0 fully saturated rings. The predicted octanol–water partition coefficient (Wildman–Crippen LogP) is 3.33. The minimum atomic E-state index is -5.19. The van der Waals surface area contributed by atoms with Crippen LogP contribution in [0.15, 0.2) is 48.5 Å². The molecule has 2 rings (SSSR count). The second-order valence-corrected chi connectivity index (χ2v) is 17.8. The maximum absolute atomic E-state index is 12.2. The van der Waals surface area contributed by atoms with Crippen molar-refractivity contribution in [3.8, 4) is 11.5 Å². The fourth-order valence-corrected chi connectivity index (χ4v) is 7.66. The second kappa shape index (κ2) is 7.40. The maximum atomic E-state index is 12.2. The average Bonchev–Trinajstić information content (AvgIpc) is 2.51. The van der Waals surface area contributed by atoms with Crippen LogP contribution in [0, 0.1) is 0 Å². The lowest BCUT2D eigenvalue weighted by Gasteiger charge is -2.16. The van der Waals surface area contributed by atoms with Gasteiger partial charge in [-0.2, -0.15) is 16.8 Å². The molecule has 0 aliphatic rings. The van der Waals surface area contributed by atoms with E-state index in [2.05, 4.69) is 20.2 Å². The predicted molar refractivity (Wildman–Crippen MR) is 98.5 cm³/mol. The first kappa shape index (κ1) is 20.4. The van der Waals surface area contributed by atoms with E-state index in [4.69, 9.17) is 23.2 Å². The summed E-state index contributed by atoms with van der Waals surface area (Å²) in [5.74, 6) is -0.538. The lowest BCUT2D eigenvalue weighted by Crippen LogP contribution is -2.19. The molecule has 0 radical (unpaired) electrons. The van der Waals surface area contributed by atoms with Gasteiger partial charge in [-0.05, 0) is 60.3 Å². The third kappa shape index (κ3) is 4.65. The Kier molecular flexibility index (Phi) is 6.05. The lowest BCUT2D eigenvalue weighted by molar-refractivity contribution is 0.487. The molecule has 0 aliphatic heterocycles. The van der Waals surface area contributed by atoms with E-state index in [1.165, 1.54) is 48.5 Å². The van der Waals surface area contributed by atoms with Gasteiger partial charge in [-0.3, -0.25) is 0 Å². The Hall–Kier alpha value is -0.870. The van der Waals surface area contributed by atoms with Gasteiger partial charge >= 0.3 is 24.1 Å². The first-order valence-corrected chi connectivity index (χ1v) is 13.7. The third-order valence-electron chi connectivity index (χ3n) is 2.60. The van der Waals surface area contributed by atoms with Gasteiger partial charge in [-0.25, -0.2) is 0 Å². The number of halogens is 2. The summed E-state index contributed by atoms with van der Waals surface area (Å²) < 4.78 is 52.6. The highest BCUT2D eigenvalue weighted by Gasteiger charge is 2.49. The Morgan fingerprint density at radius 1 is 0.760 bits per heavy atom. The molecule has 0 amide bonds. The van der Waals surface area contributed by atoms with Crippen molar-refractivity contribution in [1.29, 1.82) is 0 Å². The quantitative estimate of drug-likeness (QED) is 0.651. The number of benzene rings is 2. The summed E-state index contributed by atoms with van der Waals surface area (Å²) in [6, 6.07) is 9.92. The minimum Gasteiger partial charge on any atom is -0.377 e. The minimum absolute atomic E-state index is 0.269. The average molecular weight is 463 g/mol. The highest BCUT2D eigenvalue weighted by molar-refractivity contribution is 8.92. The van der Waals surface area contributed by atoms with Crippen LogP contribution in [0.4, 0.5) is 0 Å². The molecule has 0 heterocycles. The smallest absolute Gasteiger partial charge is 0.376 e. The fraction of sp³-hybridized carbons (Fsp3) is 0. The van der Waals surface area contributed by atoms with Gasteiger partial charge in [0.25, 0.3) is 0 Å². The SMILES string of the molecule is O=S(=O)(Oc1ccc(Cl)cc1)P(O)(=S)S(=O)(=O)Oc1ccc(Cl)cc1. The molecule has 0 bridgehead atoms. The third-order valence-corrected chi connectivity index (χ3v) is 15.4. The Balaban J connectivity index is 2.32. The molecule has 13 heteroatoms. The van der Waals surface area contributed by atoms with Gasteiger partial charge in [0.05, 0.1) is 0 Å². The van der Waals surface area contributed by atoms with Crippen LogP contribution in [0.2, 0.25) is 10.0 Å². The summed E-state index contributed by atoms with van der Waals surface area (Å²) in [7, 11) is -10.2. The second-order valence-electron chi connectivity index (χ2n) is 4.40. The first-order valence-electron chi connectivity index (χ1n) is 6.18. The monoisotopic (exact) mass is 462 g/mol. The Bertz CT molecular complexity index is 938. The fourth-order valence-electron chi connectivity index (χ4n) is 1.43. The van der Waals surface area contributed by atoms with Gasteiger partial charge in [0, 0.05) is 10.0 Å². The molecule has 0 spiro atoms. The summed E-state index contributed by atoms with van der Waals surface area (Å²) in [6.07, 6.45) is 0. The molecule has 2 aromatic rings. The highest BCUT2D eigenvalue weighted by Crippen LogP contribution is 2.56. The molecular weight excluding hydrogens is 454 g/mol. The standard InChI is InChI=1S/C12H9Cl2O7PS3/c13-9-1-5-11(6-2-9)20-24(16,17)22(15,23)25(18,19)21-12-7-3-10(14)4-8-12/h1-8H,(H,15,23). The van der Waals surface area contributed by atoms with E-state index >= 15 is 0 Å². The normalized spacial score (nSPS) is 12.6. The molecule has 136 valence electrons. The van der Waals surface area contributed by atoms with E-state index in [0.29, 0.717) is 10.0 Å². The lowest BCUT2D eigenvalue weighted by atomic mass is 10.3. The molecule has 0 unspecified atom stereocenters. The summed E-state index contributed by atoms with van der Waals surface area (Å²) >= 11 is 15.8. The van der Waals surface area contributed by atoms with Crippen molar-refractivity contribution in [2.75, 3.05) is 0 Å². The van der Waals surface area contributed by atoms with Crippen LogP contribution in [0.25, 0.3) is 0 Å². The number of hydrogen-bond donors (Lipinski definition) is 1. The number of rotatable bonds is 6. The van der Waals surface area contributed by atoms with E-state index in [-0.39, 0.29) is 11.5 Å². The van der Waals surface area contributed by atoms with Crippen LogP contribution < -0.4 is 8.37 Å². The topological polar surface area (TPSA) is 107 Å². The van der Waals surface area contributed by atoms with Crippen LogP contribution in [-0.2, 0) is 31.3 Å². The molecule has 25 heavy (non-hydrogen) atoms.